The Bertz CT molecular complexity index is 823. The number of likely N-dealkylation sites (tertiary alicyclic amines) is 2. The van der Waals surface area contributed by atoms with Crippen LogP contribution in [0.25, 0.3) is 0 Å². The van der Waals surface area contributed by atoms with Crippen molar-refractivity contribution in [2.24, 2.45) is 11.3 Å². The van der Waals surface area contributed by atoms with E-state index in [0.29, 0.717) is 12.3 Å². The summed E-state index contributed by atoms with van der Waals surface area (Å²) >= 11 is 6.07. The fourth-order valence-corrected chi connectivity index (χ4v) is 5.10. The molecule has 2 aliphatic rings. The molecule has 8 nitrogen and oxygen atoms in total. The number of hydrogen-bond donors (Lipinski definition) is 2. The molecule has 3 rings (SSSR count). The van der Waals surface area contributed by atoms with Crippen molar-refractivity contribution in [1.82, 2.24) is 14.7 Å². The van der Waals surface area contributed by atoms with Crippen LogP contribution < -0.4 is 0 Å². The highest BCUT2D eigenvalue weighted by Crippen LogP contribution is 2.43. The zero-order valence-electron chi connectivity index (χ0n) is 20.6. The van der Waals surface area contributed by atoms with Gasteiger partial charge in [0.1, 0.15) is 0 Å². The fraction of sp³-hybridized carbons (Fsp3) is 0.560. The van der Waals surface area contributed by atoms with Crippen molar-refractivity contribution in [2.45, 2.75) is 26.7 Å². The molecule has 2 N–H and O–H groups in total. The second-order valence-corrected chi connectivity index (χ2v) is 9.82. The van der Waals surface area contributed by atoms with Crippen molar-refractivity contribution in [3.63, 3.8) is 0 Å². The molecule has 34 heavy (non-hydrogen) atoms. The first-order valence-corrected chi connectivity index (χ1v) is 11.7. The monoisotopic (exact) mass is 495 g/mol. The Hall–Kier alpha value is -2.42. The van der Waals surface area contributed by atoms with Crippen LogP contribution in [-0.2, 0) is 20.8 Å². The Morgan fingerprint density at radius 2 is 1.82 bits per heavy atom. The minimum Gasteiger partial charge on any atom is -0.483 e. The Balaban J connectivity index is 0.000000872. The van der Waals surface area contributed by atoms with Gasteiger partial charge in [-0.1, -0.05) is 35.4 Å². The maximum atomic E-state index is 12.9. The van der Waals surface area contributed by atoms with Gasteiger partial charge in [-0.3, -0.25) is 19.3 Å². The molecule has 0 spiro atoms. The summed E-state index contributed by atoms with van der Waals surface area (Å²) in [6.07, 6.45) is 3.64. The first kappa shape index (κ1) is 29.6. The lowest BCUT2D eigenvalue weighted by molar-refractivity contribution is -0.131. The minimum absolute atomic E-state index is 0.199. The van der Waals surface area contributed by atoms with Crippen LogP contribution in [0.5, 0.6) is 0 Å². The van der Waals surface area contributed by atoms with Gasteiger partial charge in [-0.05, 0) is 58.0 Å². The maximum Gasteiger partial charge on any atom is 0.290 e. The average Bonchev–Trinajstić information content (AvgIpc) is 3.24. The van der Waals surface area contributed by atoms with Crippen LogP contribution in [0.1, 0.15) is 25.8 Å². The Morgan fingerprint density at radius 3 is 2.38 bits per heavy atom. The van der Waals surface area contributed by atoms with Gasteiger partial charge in [-0.2, -0.15) is 0 Å². The van der Waals surface area contributed by atoms with Gasteiger partial charge in [-0.25, -0.2) is 0 Å². The first-order valence-electron chi connectivity index (χ1n) is 11.3. The molecule has 0 saturated carbocycles. The maximum absolute atomic E-state index is 12.9. The van der Waals surface area contributed by atoms with E-state index in [9.17, 15) is 4.79 Å². The summed E-state index contributed by atoms with van der Waals surface area (Å²) in [6.45, 7) is 9.84. The predicted molar refractivity (Wildman–Crippen MR) is 134 cm³/mol. The Labute approximate surface area is 207 Å². The van der Waals surface area contributed by atoms with E-state index in [1.165, 1.54) is 5.57 Å². The minimum atomic E-state index is -0.250. The number of carboxylic acid groups (broad SMARTS) is 2. The molecule has 2 atom stereocenters. The molecule has 9 heteroatoms. The van der Waals surface area contributed by atoms with Gasteiger partial charge >= 0.3 is 0 Å². The van der Waals surface area contributed by atoms with Crippen molar-refractivity contribution < 1.29 is 24.6 Å². The van der Waals surface area contributed by atoms with E-state index in [2.05, 4.69) is 48.7 Å². The van der Waals surface area contributed by atoms with Crippen LogP contribution in [-0.4, -0.2) is 97.1 Å². The number of rotatable bonds is 7. The second kappa shape index (κ2) is 14.8. The fourth-order valence-electron chi connectivity index (χ4n) is 4.89. The number of aryl methyl sites for hydroxylation is 1. The molecule has 0 bridgehead atoms. The van der Waals surface area contributed by atoms with E-state index in [1.807, 2.05) is 24.3 Å². The Kier molecular flexibility index (Phi) is 12.9. The zero-order valence-corrected chi connectivity index (χ0v) is 21.4. The summed E-state index contributed by atoms with van der Waals surface area (Å²) in [5.74, 6) is 0.846. The summed E-state index contributed by atoms with van der Waals surface area (Å²) in [4.78, 5) is 36.6. The van der Waals surface area contributed by atoms with Crippen LogP contribution in [0.15, 0.2) is 35.9 Å². The molecule has 0 aromatic heterocycles. The van der Waals surface area contributed by atoms with Crippen LogP contribution >= 0.6 is 11.6 Å². The second-order valence-electron chi connectivity index (χ2n) is 9.39. The lowest BCUT2D eigenvalue weighted by Gasteiger charge is -2.32. The molecule has 2 heterocycles. The largest absolute Gasteiger partial charge is 0.483 e. The number of benzene rings is 1. The van der Waals surface area contributed by atoms with Gasteiger partial charge in [0.15, 0.2) is 0 Å². The third kappa shape index (κ3) is 9.44. The summed E-state index contributed by atoms with van der Waals surface area (Å²) in [7, 11) is 4.29. The normalized spacial score (nSPS) is 21.0. The van der Waals surface area contributed by atoms with Crippen molar-refractivity contribution in [3.8, 4) is 0 Å². The molecule has 2 saturated heterocycles. The smallest absolute Gasteiger partial charge is 0.290 e. The van der Waals surface area contributed by atoms with Crippen molar-refractivity contribution in [3.05, 3.63) is 46.5 Å². The summed E-state index contributed by atoms with van der Waals surface area (Å²) in [5.41, 5.74) is 2.71. The molecule has 2 aliphatic heterocycles. The highest BCUT2D eigenvalue weighted by molar-refractivity contribution is 6.30. The summed E-state index contributed by atoms with van der Waals surface area (Å²) in [5, 5.41) is 14.5. The standard InChI is InChI=1S/C23H34ClN3O.2CH2O2/c1-18(2)10-11-26-13-20-14-27(17-23(20,16-26)15-25(3)4)22(28)9-8-19-6-5-7-21(24)12-19;2*2-1-3/h5-7,10,12,20H,8-9,11,13-17H2,1-4H3;2*1H,(H,2,3)/t20-,23+;;/m0../s1. The lowest BCUT2D eigenvalue weighted by Crippen LogP contribution is -2.43. The summed E-state index contributed by atoms with van der Waals surface area (Å²) in [6, 6.07) is 7.84. The third-order valence-corrected chi connectivity index (χ3v) is 6.32. The molecule has 1 aromatic carbocycles. The SMILES string of the molecule is CC(C)=CCN1C[C@H]2CN(C(=O)CCc3cccc(Cl)c3)C[C@@]2(CN(C)C)C1.O=CO.O=CO. The zero-order chi connectivity index (χ0) is 25.7. The van der Waals surface area contributed by atoms with Crippen LogP contribution in [0.2, 0.25) is 5.02 Å². The number of nitrogens with zero attached hydrogens (tertiary/aromatic N) is 3. The van der Waals surface area contributed by atoms with Crippen molar-refractivity contribution in [1.29, 1.82) is 0 Å². The molecular weight excluding hydrogens is 458 g/mol. The van der Waals surface area contributed by atoms with Crippen LogP contribution in [0, 0.1) is 11.3 Å². The van der Waals surface area contributed by atoms with Crippen LogP contribution in [0.3, 0.4) is 0 Å². The summed E-state index contributed by atoms with van der Waals surface area (Å²) < 4.78 is 0. The van der Waals surface area contributed by atoms with E-state index in [-0.39, 0.29) is 24.3 Å². The van der Waals surface area contributed by atoms with Gasteiger partial charge in [0, 0.05) is 56.1 Å². The molecule has 0 aliphatic carbocycles. The predicted octanol–water partition coefficient (Wildman–Crippen LogP) is 2.96. The first-order chi connectivity index (χ1) is 16.1. The van der Waals surface area contributed by atoms with Gasteiger partial charge in [-0.15, -0.1) is 0 Å². The molecule has 0 radical (unpaired) electrons. The highest BCUT2D eigenvalue weighted by atomic mass is 35.5. The van der Waals surface area contributed by atoms with Gasteiger partial charge in [0.2, 0.25) is 5.91 Å². The average molecular weight is 496 g/mol. The number of fused-ring (bicyclic) bond motifs is 1. The topological polar surface area (TPSA) is 101 Å². The van der Waals surface area contributed by atoms with Gasteiger partial charge in [0.25, 0.3) is 12.9 Å². The highest BCUT2D eigenvalue weighted by Gasteiger charge is 2.53. The molecule has 1 amide bonds. The van der Waals surface area contributed by atoms with Gasteiger partial charge in [0.05, 0.1) is 0 Å². The number of hydrogen-bond acceptors (Lipinski definition) is 5. The molecule has 190 valence electrons. The number of amides is 1. The number of carbonyl (C=O) groups excluding carboxylic acids is 1. The molecular formula is C25H38ClN3O5. The van der Waals surface area contributed by atoms with E-state index in [4.69, 9.17) is 31.4 Å². The van der Waals surface area contributed by atoms with E-state index in [1.54, 1.807) is 0 Å². The van der Waals surface area contributed by atoms with Crippen molar-refractivity contribution >= 4 is 30.5 Å². The number of carbonyl (C=O) groups is 3. The van der Waals surface area contributed by atoms with Crippen LogP contribution in [0.4, 0.5) is 0 Å². The number of halogens is 1. The molecule has 1 aromatic rings. The van der Waals surface area contributed by atoms with E-state index >= 15 is 0 Å². The van der Waals surface area contributed by atoms with E-state index in [0.717, 1.165) is 56.3 Å². The molecule has 2 fully saturated rings. The van der Waals surface area contributed by atoms with Crippen molar-refractivity contribution in [2.75, 3.05) is 53.4 Å². The Morgan fingerprint density at radius 1 is 1.18 bits per heavy atom. The van der Waals surface area contributed by atoms with Gasteiger partial charge < -0.3 is 20.0 Å². The molecule has 0 unspecified atom stereocenters. The lowest BCUT2D eigenvalue weighted by atomic mass is 9.80. The van der Waals surface area contributed by atoms with E-state index < -0.39 is 0 Å². The number of allylic oxidation sites excluding steroid dienone is 1. The third-order valence-electron chi connectivity index (χ3n) is 6.09. The quantitative estimate of drug-likeness (QED) is 0.443.